The van der Waals surface area contributed by atoms with Gasteiger partial charge in [0.25, 0.3) is 6.01 Å². The van der Waals surface area contributed by atoms with Crippen LogP contribution in [0.1, 0.15) is 13.8 Å². The second-order valence-corrected chi connectivity index (χ2v) is 5.90. The Balaban J connectivity index is 1.59. The molecule has 5 nitrogen and oxygen atoms in total. The number of oxazole rings is 1. The van der Waals surface area contributed by atoms with Crippen molar-refractivity contribution in [3.8, 4) is 0 Å². The monoisotopic (exact) mass is 289 g/mol. The molecule has 0 N–H and O–H groups in total. The summed E-state index contributed by atoms with van der Waals surface area (Å²) >= 11 is 0. The molecule has 1 saturated heterocycles. The van der Waals surface area contributed by atoms with Gasteiger partial charge >= 0.3 is 0 Å². The molecule has 0 bridgehead atoms. The molecule has 1 aromatic carbocycles. The molecule has 3 rings (SSSR count). The molecule has 1 aliphatic heterocycles. The predicted molar refractivity (Wildman–Crippen MR) is 83.7 cm³/mol. The molecule has 5 heteroatoms. The Kier molecular flexibility index (Phi) is 4.12. The molecule has 2 atom stereocenters. The quantitative estimate of drug-likeness (QED) is 0.864. The maximum Gasteiger partial charge on any atom is 0.298 e. The molecule has 0 amide bonds. The summed E-state index contributed by atoms with van der Waals surface area (Å²) in [6.07, 6.45) is 0.617. The van der Waals surface area contributed by atoms with E-state index in [0.29, 0.717) is 18.2 Å². The van der Waals surface area contributed by atoms with Crippen molar-refractivity contribution in [3.63, 3.8) is 0 Å². The Hall–Kier alpha value is -1.59. The number of aromatic nitrogens is 1. The second-order valence-electron chi connectivity index (χ2n) is 5.90. The van der Waals surface area contributed by atoms with Crippen LogP contribution >= 0.6 is 0 Å². The van der Waals surface area contributed by atoms with Crippen LogP contribution in [0.25, 0.3) is 11.1 Å². The maximum atomic E-state index is 5.78. The number of hydrogen-bond donors (Lipinski definition) is 0. The van der Waals surface area contributed by atoms with Crippen LogP contribution in [-0.2, 0) is 4.74 Å². The van der Waals surface area contributed by atoms with Crippen LogP contribution in [0.2, 0.25) is 0 Å². The zero-order valence-electron chi connectivity index (χ0n) is 13.0. The minimum atomic E-state index is 0.309. The smallest absolute Gasteiger partial charge is 0.298 e. The standard InChI is InChI=1S/C16H23N3O2/c1-12-10-19(11-13(2)20-12)9-8-18(3)16-17-14-6-4-5-7-15(14)21-16/h4-7,12-13H,8-11H2,1-3H3/t12-,13+. The van der Waals surface area contributed by atoms with Crippen molar-refractivity contribution in [1.82, 2.24) is 9.88 Å². The summed E-state index contributed by atoms with van der Waals surface area (Å²) in [7, 11) is 2.03. The lowest BCUT2D eigenvalue weighted by Crippen LogP contribution is -2.47. The molecule has 1 aromatic heterocycles. The summed E-state index contributed by atoms with van der Waals surface area (Å²) in [6, 6.07) is 8.55. The molecule has 114 valence electrons. The summed E-state index contributed by atoms with van der Waals surface area (Å²) in [5, 5.41) is 0. The summed E-state index contributed by atoms with van der Waals surface area (Å²) < 4.78 is 11.5. The van der Waals surface area contributed by atoms with E-state index in [1.165, 1.54) is 0 Å². The molecule has 21 heavy (non-hydrogen) atoms. The summed E-state index contributed by atoms with van der Waals surface area (Å²) in [4.78, 5) is 9.04. The van der Waals surface area contributed by atoms with E-state index in [0.717, 1.165) is 37.3 Å². The average Bonchev–Trinajstić information content (AvgIpc) is 2.87. The van der Waals surface area contributed by atoms with Crippen molar-refractivity contribution in [2.75, 3.05) is 38.1 Å². The highest BCUT2D eigenvalue weighted by molar-refractivity contribution is 5.74. The van der Waals surface area contributed by atoms with Crippen LogP contribution in [0.3, 0.4) is 0 Å². The van der Waals surface area contributed by atoms with Crippen molar-refractivity contribution in [3.05, 3.63) is 24.3 Å². The first kappa shape index (κ1) is 14.4. The van der Waals surface area contributed by atoms with Crippen LogP contribution in [0.5, 0.6) is 0 Å². The van der Waals surface area contributed by atoms with Gasteiger partial charge in [0.05, 0.1) is 12.2 Å². The molecular formula is C16H23N3O2. The molecule has 2 aromatic rings. The third-order valence-electron chi connectivity index (χ3n) is 3.86. The molecule has 0 spiro atoms. The zero-order valence-corrected chi connectivity index (χ0v) is 13.0. The van der Waals surface area contributed by atoms with E-state index in [2.05, 4.69) is 28.6 Å². The van der Waals surface area contributed by atoms with E-state index in [9.17, 15) is 0 Å². The second kappa shape index (κ2) is 6.03. The van der Waals surface area contributed by atoms with Crippen LogP contribution < -0.4 is 4.90 Å². The lowest BCUT2D eigenvalue weighted by molar-refractivity contribution is -0.0670. The van der Waals surface area contributed by atoms with Gasteiger partial charge in [0, 0.05) is 33.2 Å². The van der Waals surface area contributed by atoms with Crippen LogP contribution in [0.4, 0.5) is 6.01 Å². The van der Waals surface area contributed by atoms with Gasteiger partial charge in [-0.25, -0.2) is 0 Å². The van der Waals surface area contributed by atoms with Gasteiger partial charge in [-0.05, 0) is 26.0 Å². The minimum Gasteiger partial charge on any atom is -0.423 e. The van der Waals surface area contributed by atoms with Gasteiger partial charge in [0.2, 0.25) is 0 Å². The van der Waals surface area contributed by atoms with Gasteiger partial charge in [-0.15, -0.1) is 0 Å². The van der Waals surface area contributed by atoms with Crippen molar-refractivity contribution >= 4 is 17.1 Å². The van der Waals surface area contributed by atoms with Gasteiger partial charge in [0.1, 0.15) is 5.52 Å². The highest BCUT2D eigenvalue weighted by Gasteiger charge is 2.22. The van der Waals surface area contributed by atoms with E-state index < -0.39 is 0 Å². The highest BCUT2D eigenvalue weighted by atomic mass is 16.5. The number of fused-ring (bicyclic) bond motifs is 1. The lowest BCUT2D eigenvalue weighted by atomic mass is 10.2. The number of nitrogens with zero attached hydrogens (tertiary/aromatic N) is 3. The third kappa shape index (κ3) is 3.36. The van der Waals surface area contributed by atoms with E-state index in [-0.39, 0.29) is 0 Å². The van der Waals surface area contributed by atoms with Gasteiger partial charge < -0.3 is 14.1 Å². The number of morpholine rings is 1. The van der Waals surface area contributed by atoms with Crippen molar-refractivity contribution in [2.24, 2.45) is 0 Å². The molecule has 0 radical (unpaired) electrons. The predicted octanol–water partition coefficient (Wildman–Crippen LogP) is 2.37. The van der Waals surface area contributed by atoms with E-state index in [1.807, 2.05) is 31.3 Å². The summed E-state index contributed by atoms with van der Waals surface area (Å²) in [5.74, 6) is 0. The van der Waals surface area contributed by atoms with E-state index in [1.54, 1.807) is 0 Å². The Morgan fingerprint density at radius 3 is 2.67 bits per heavy atom. The van der Waals surface area contributed by atoms with Crippen LogP contribution in [0, 0.1) is 0 Å². The number of anilines is 1. The summed E-state index contributed by atoms with van der Waals surface area (Å²) in [6.45, 7) is 8.14. The molecule has 0 saturated carbocycles. The first-order valence-electron chi connectivity index (χ1n) is 7.56. The Labute approximate surface area is 125 Å². The zero-order chi connectivity index (χ0) is 14.8. The first-order valence-corrected chi connectivity index (χ1v) is 7.56. The van der Waals surface area contributed by atoms with Gasteiger partial charge in [-0.3, -0.25) is 4.90 Å². The van der Waals surface area contributed by atoms with E-state index in [4.69, 9.17) is 9.15 Å². The first-order chi connectivity index (χ1) is 10.1. The molecule has 1 fully saturated rings. The number of likely N-dealkylation sites (N-methyl/N-ethyl adjacent to an activating group) is 1. The van der Waals surface area contributed by atoms with Crippen molar-refractivity contribution in [1.29, 1.82) is 0 Å². The number of hydrogen-bond acceptors (Lipinski definition) is 5. The van der Waals surface area contributed by atoms with Crippen LogP contribution in [0.15, 0.2) is 28.7 Å². The number of para-hydroxylation sites is 2. The van der Waals surface area contributed by atoms with Gasteiger partial charge in [-0.2, -0.15) is 4.98 Å². The fourth-order valence-electron chi connectivity index (χ4n) is 2.88. The highest BCUT2D eigenvalue weighted by Crippen LogP contribution is 2.20. The topological polar surface area (TPSA) is 41.7 Å². The Morgan fingerprint density at radius 1 is 1.24 bits per heavy atom. The fraction of sp³-hybridized carbons (Fsp3) is 0.562. The Bertz CT molecular complexity index is 555. The molecule has 1 aliphatic rings. The average molecular weight is 289 g/mol. The largest absolute Gasteiger partial charge is 0.423 e. The number of rotatable bonds is 4. The normalized spacial score (nSPS) is 23.6. The number of ether oxygens (including phenoxy) is 1. The van der Waals surface area contributed by atoms with Gasteiger partial charge in [0.15, 0.2) is 5.58 Å². The van der Waals surface area contributed by atoms with Crippen LogP contribution in [-0.4, -0.2) is 55.3 Å². The lowest BCUT2D eigenvalue weighted by Gasteiger charge is -2.35. The van der Waals surface area contributed by atoms with Crippen molar-refractivity contribution < 1.29 is 9.15 Å². The number of benzene rings is 1. The van der Waals surface area contributed by atoms with E-state index >= 15 is 0 Å². The SMILES string of the molecule is C[C@@H]1CN(CCN(C)c2nc3ccccc3o2)C[C@H](C)O1. The fourth-order valence-corrected chi connectivity index (χ4v) is 2.88. The molecule has 2 heterocycles. The molecule has 0 unspecified atom stereocenters. The molecular weight excluding hydrogens is 266 g/mol. The minimum absolute atomic E-state index is 0.309. The Morgan fingerprint density at radius 2 is 1.95 bits per heavy atom. The molecule has 0 aliphatic carbocycles. The van der Waals surface area contributed by atoms with Crippen molar-refractivity contribution in [2.45, 2.75) is 26.1 Å². The van der Waals surface area contributed by atoms with Gasteiger partial charge in [-0.1, -0.05) is 12.1 Å². The summed E-state index contributed by atoms with van der Waals surface area (Å²) in [5.41, 5.74) is 1.75. The maximum absolute atomic E-state index is 5.78. The third-order valence-corrected chi connectivity index (χ3v) is 3.86.